The number of rotatable bonds is 4. The van der Waals surface area contributed by atoms with E-state index in [2.05, 4.69) is 45.0 Å². The second-order valence-electron chi connectivity index (χ2n) is 6.86. The van der Waals surface area contributed by atoms with E-state index in [1.807, 2.05) is 18.5 Å². The molecular formula is C20H23FN4. The highest BCUT2D eigenvalue weighted by atomic mass is 19.1. The van der Waals surface area contributed by atoms with Crippen molar-refractivity contribution in [2.24, 2.45) is 0 Å². The van der Waals surface area contributed by atoms with Crippen molar-refractivity contribution in [2.75, 3.05) is 25.0 Å². The van der Waals surface area contributed by atoms with Crippen molar-refractivity contribution in [1.82, 2.24) is 14.9 Å². The minimum Gasteiger partial charge on any atom is -0.371 e. The van der Waals surface area contributed by atoms with Gasteiger partial charge in [0.05, 0.1) is 0 Å². The molecule has 0 aliphatic carbocycles. The van der Waals surface area contributed by atoms with E-state index in [0.29, 0.717) is 6.04 Å². The molecule has 0 bridgehead atoms. The molecule has 0 amide bonds. The molecule has 1 aliphatic heterocycles. The van der Waals surface area contributed by atoms with Crippen LogP contribution < -0.4 is 4.90 Å². The van der Waals surface area contributed by atoms with Crippen LogP contribution in [-0.2, 0) is 6.54 Å². The van der Waals surface area contributed by atoms with Gasteiger partial charge in [-0.3, -0.25) is 9.88 Å². The normalized spacial score (nSPS) is 16.0. The second-order valence-corrected chi connectivity index (χ2v) is 6.86. The molecule has 2 aromatic heterocycles. The number of nitrogens with zero attached hydrogens (tertiary/aromatic N) is 3. The maximum atomic E-state index is 13.3. The molecule has 25 heavy (non-hydrogen) atoms. The third-order valence-electron chi connectivity index (χ3n) is 5.18. The lowest BCUT2D eigenvalue weighted by Gasteiger charge is -2.37. The summed E-state index contributed by atoms with van der Waals surface area (Å²) >= 11 is 0. The number of aromatic nitrogens is 2. The second kappa shape index (κ2) is 6.84. The predicted octanol–water partition coefficient (Wildman–Crippen LogP) is 3.80. The molecule has 0 spiro atoms. The number of fused-ring (bicyclic) bond motifs is 1. The van der Waals surface area contributed by atoms with Crippen LogP contribution in [0.25, 0.3) is 10.9 Å². The fourth-order valence-corrected chi connectivity index (χ4v) is 3.76. The first-order valence-corrected chi connectivity index (χ1v) is 8.81. The van der Waals surface area contributed by atoms with Crippen molar-refractivity contribution in [3.8, 4) is 0 Å². The van der Waals surface area contributed by atoms with Gasteiger partial charge < -0.3 is 9.88 Å². The van der Waals surface area contributed by atoms with E-state index in [9.17, 15) is 4.39 Å². The highest BCUT2D eigenvalue weighted by Gasteiger charge is 2.23. The molecular weight excluding hydrogens is 315 g/mol. The molecule has 5 heteroatoms. The first-order chi connectivity index (χ1) is 12.2. The number of halogens is 1. The van der Waals surface area contributed by atoms with Crippen LogP contribution in [0, 0.1) is 5.82 Å². The third-order valence-corrected chi connectivity index (χ3v) is 5.18. The Balaban J connectivity index is 1.37. The maximum absolute atomic E-state index is 13.3. The number of anilines is 1. The van der Waals surface area contributed by atoms with Crippen molar-refractivity contribution >= 4 is 16.6 Å². The Morgan fingerprint density at radius 3 is 2.68 bits per heavy atom. The van der Waals surface area contributed by atoms with E-state index >= 15 is 0 Å². The monoisotopic (exact) mass is 338 g/mol. The molecule has 0 radical (unpaired) electrons. The van der Waals surface area contributed by atoms with Crippen molar-refractivity contribution in [3.05, 3.63) is 60.3 Å². The van der Waals surface area contributed by atoms with Crippen molar-refractivity contribution in [1.29, 1.82) is 0 Å². The Hall–Kier alpha value is -2.40. The molecule has 130 valence electrons. The number of piperidine rings is 1. The minimum atomic E-state index is -0.197. The maximum Gasteiger partial charge on any atom is 0.125 e. The van der Waals surface area contributed by atoms with Gasteiger partial charge in [0.15, 0.2) is 0 Å². The average molecular weight is 338 g/mol. The molecule has 3 heterocycles. The highest BCUT2D eigenvalue weighted by molar-refractivity contribution is 5.80. The number of nitrogens with one attached hydrogen (secondary N) is 1. The van der Waals surface area contributed by atoms with E-state index in [-0.39, 0.29) is 5.82 Å². The zero-order chi connectivity index (χ0) is 17.2. The van der Waals surface area contributed by atoms with Crippen LogP contribution in [0.5, 0.6) is 0 Å². The van der Waals surface area contributed by atoms with Crippen molar-refractivity contribution in [2.45, 2.75) is 25.4 Å². The SMILES string of the molecule is CN(Cc1cc2ccc(F)cc2[nH]1)C1CCN(c2ccncc2)CC1. The summed E-state index contributed by atoms with van der Waals surface area (Å²) in [5.74, 6) is -0.197. The first kappa shape index (κ1) is 16.1. The minimum absolute atomic E-state index is 0.197. The summed E-state index contributed by atoms with van der Waals surface area (Å²) in [5.41, 5.74) is 3.27. The van der Waals surface area contributed by atoms with Crippen LogP contribution in [-0.4, -0.2) is 41.0 Å². The van der Waals surface area contributed by atoms with Gasteiger partial charge in [-0.05, 0) is 61.7 Å². The number of pyridine rings is 1. The summed E-state index contributed by atoms with van der Waals surface area (Å²) in [6.07, 6.45) is 6.00. The quantitative estimate of drug-likeness (QED) is 0.786. The van der Waals surface area contributed by atoms with Crippen LogP contribution in [0.4, 0.5) is 10.1 Å². The van der Waals surface area contributed by atoms with Crippen LogP contribution in [0.2, 0.25) is 0 Å². The summed E-state index contributed by atoms with van der Waals surface area (Å²) in [6, 6.07) is 11.8. The van der Waals surface area contributed by atoms with Crippen LogP contribution in [0.3, 0.4) is 0 Å². The van der Waals surface area contributed by atoms with E-state index < -0.39 is 0 Å². The highest BCUT2D eigenvalue weighted by Crippen LogP contribution is 2.23. The number of benzene rings is 1. The van der Waals surface area contributed by atoms with E-state index in [4.69, 9.17) is 0 Å². The zero-order valence-electron chi connectivity index (χ0n) is 14.5. The van der Waals surface area contributed by atoms with Gasteiger partial charge >= 0.3 is 0 Å². The van der Waals surface area contributed by atoms with Crippen LogP contribution in [0.15, 0.2) is 48.8 Å². The fourth-order valence-electron chi connectivity index (χ4n) is 3.76. The molecule has 0 saturated carbocycles. The lowest BCUT2D eigenvalue weighted by molar-refractivity contribution is 0.198. The Kier molecular flexibility index (Phi) is 4.40. The Morgan fingerprint density at radius 1 is 1.16 bits per heavy atom. The molecule has 1 aliphatic rings. The van der Waals surface area contributed by atoms with Gasteiger partial charge in [-0.15, -0.1) is 0 Å². The largest absolute Gasteiger partial charge is 0.371 e. The Labute approximate surface area is 147 Å². The van der Waals surface area contributed by atoms with Gasteiger partial charge in [-0.25, -0.2) is 4.39 Å². The van der Waals surface area contributed by atoms with Gasteiger partial charge in [0.2, 0.25) is 0 Å². The molecule has 1 fully saturated rings. The molecule has 4 nitrogen and oxygen atoms in total. The molecule has 1 N–H and O–H groups in total. The van der Waals surface area contributed by atoms with Crippen molar-refractivity contribution < 1.29 is 4.39 Å². The lowest BCUT2D eigenvalue weighted by Crippen LogP contribution is -2.43. The summed E-state index contributed by atoms with van der Waals surface area (Å²) in [6.45, 7) is 2.99. The predicted molar refractivity (Wildman–Crippen MR) is 99.2 cm³/mol. The summed E-state index contributed by atoms with van der Waals surface area (Å²) in [5, 5.41) is 1.07. The van der Waals surface area contributed by atoms with Gasteiger partial charge in [-0.1, -0.05) is 0 Å². The summed E-state index contributed by atoms with van der Waals surface area (Å²) in [4.78, 5) is 12.3. The zero-order valence-corrected chi connectivity index (χ0v) is 14.5. The summed E-state index contributed by atoms with van der Waals surface area (Å²) < 4.78 is 13.3. The van der Waals surface area contributed by atoms with Crippen LogP contribution >= 0.6 is 0 Å². The third kappa shape index (κ3) is 3.51. The molecule has 3 aromatic rings. The smallest absolute Gasteiger partial charge is 0.125 e. The van der Waals surface area contributed by atoms with E-state index in [0.717, 1.165) is 49.1 Å². The van der Waals surface area contributed by atoms with E-state index in [1.54, 1.807) is 6.07 Å². The average Bonchev–Trinajstić information content (AvgIpc) is 3.04. The molecule has 1 aromatic carbocycles. The van der Waals surface area contributed by atoms with Crippen molar-refractivity contribution in [3.63, 3.8) is 0 Å². The molecule has 0 atom stereocenters. The van der Waals surface area contributed by atoms with Gasteiger partial charge in [-0.2, -0.15) is 0 Å². The van der Waals surface area contributed by atoms with E-state index in [1.165, 1.54) is 11.8 Å². The fraction of sp³-hybridized carbons (Fsp3) is 0.350. The van der Waals surface area contributed by atoms with Gasteiger partial charge in [0.1, 0.15) is 5.82 Å². The molecule has 0 unspecified atom stereocenters. The van der Waals surface area contributed by atoms with Gasteiger partial charge in [0, 0.05) is 55.0 Å². The molecule has 4 rings (SSSR count). The lowest BCUT2D eigenvalue weighted by atomic mass is 10.0. The number of aromatic amines is 1. The number of H-pyrrole nitrogens is 1. The molecule has 1 saturated heterocycles. The topological polar surface area (TPSA) is 35.2 Å². The number of hydrogen-bond donors (Lipinski definition) is 1. The van der Waals surface area contributed by atoms with Gasteiger partial charge in [0.25, 0.3) is 0 Å². The Bertz CT molecular complexity index is 837. The first-order valence-electron chi connectivity index (χ1n) is 8.81. The summed E-state index contributed by atoms with van der Waals surface area (Å²) in [7, 11) is 2.18. The van der Waals surface area contributed by atoms with Crippen LogP contribution in [0.1, 0.15) is 18.5 Å². The number of hydrogen-bond acceptors (Lipinski definition) is 3. The standard InChI is InChI=1S/C20H23FN4/c1-24(14-17-12-15-2-3-16(21)13-20(15)23-17)18-6-10-25(11-7-18)19-4-8-22-9-5-19/h2-5,8-9,12-13,18,23H,6-7,10-11,14H2,1H3. The Morgan fingerprint density at radius 2 is 1.92 bits per heavy atom.